The highest BCUT2D eigenvalue weighted by Gasteiger charge is 2.26. The number of carbonyl (C=O) groups is 2. The largest absolute Gasteiger partial charge is 0.462 e. The van der Waals surface area contributed by atoms with Crippen molar-refractivity contribution in [2.45, 2.75) is 27.2 Å². The van der Waals surface area contributed by atoms with E-state index in [-0.39, 0.29) is 29.5 Å². The third-order valence-corrected chi connectivity index (χ3v) is 3.25. The molecule has 1 rings (SSSR count). The molecule has 0 unspecified atom stereocenters. The first kappa shape index (κ1) is 17.1. The Balaban J connectivity index is 2.46. The van der Waals surface area contributed by atoms with Crippen LogP contribution in [0.4, 0.5) is 0 Å². The van der Waals surface area contributed by atoms with Crippen molar-refractivity contribution in [2.24, 2.45) is 5.41 Å². The first-order valence-electron chi connectivity index (χ1n) is 6.44. The summed E-state index contributed by atoms with van der Waals surface area (Å²) in [6, 6.07) is 0. The van der Waals surface area contributed by atoms with Gasteiger partial charge < -0.3 is 14.5 Å². The Kier molecular flexibility index (Phi) is 5.83. The molecule has 0 bridgehead atoms. The second-order valence-corrected chi connectivity index (χ2v) is 5.40. The molecule has 21 heavy (non-hydrogen) atoms. The smallest absolute Gasteiger partial charge is 0.345 e. The molecule has 1 aromatic rings. The van der Waals surface area contributed by atoms with Gasteiger partial charge in [0, 0.05) is 6.20 Å². The molecule has 0 fully saturated rings. The van der Waals surface area contributed by atoms with Crippen molar-refractivity contribution >= 4 is 24.2 Å². The van der Waals surface area contributed by atoms with E-state index in [1.165, 1.54) is 6.20 Å². The van der Waals surface area contributed by atoms with Crippen LogP contribution in [0.15, 0.2) is 11.0 Å². The molecule has 0 spiro atoms. The molecule has 2 N–H and O–H groups in total. The number of rotatable bonds is 6. The highest BCUT2D eigenvalue weighted by molar-refractivity contribution is 7.71. The zero-order valence-corrected chi connectivity index (χ0v) is 13.0. The zero-order chi connectivity index (χ0) is 16.0. The highest BCUT2D eigenvalue weighted by atomic mass is 32.1. The minimum Gasteiger partial charge on any atom is -0.462 e. The molecule has 0 aliphatic rings. The lowest BCUT2D eigenvalue weighted by Gasteiger charge is -2.20. The summed E-state index contributed by atoms with van der Waals surface area (Å²) in [5.74, 6) is -1.17. The van der Waals surface area contributed by atoms with Crippen LogP contribution in [0.2, 0.25) is 0 Å². The van der Waals surface area contributed by atoms with Gasteiger partial charge >= 0.3 is 11.9 Å². The van der Waals surface area contributed by atoms with Gasteiger partial charge in [0.2, 0.25) is 0 Å². The molecule has 0 aromatic carbocycles. The summed E-state index contributed by atoms with van der Waals surface area (Å²) in [7, 11) is 0. The molecule has 0 saturated carbocycles. The van der Waals surface area contributed by atoms with Crippen molar-refractivity contribution < 1.29 is 19.1 Å². The van der Waals surface area contributed by atoms with Crippen LogP contribution >= 0.6 is 12.2 Å². The summed E-state index contributed by atoms with van der Waals surface area (Å²) in [6.45, 7) is 5.24. The van der Waals surface area contributed by atoms with Crippen LogP contribution < -0.4 is 5.56 Å². The fourth-order valence-electron chi connectivity index (χ4n) is 1.25. The number of ether oxygens (including phenoxy) is 2. The standard InChI is InChI=1S/C13H18N2O5S/c1-4-13(2,3)11(18)20-6-5-19-10(17)8-7-14-12(21)15-9(8)16/h7H,4-6H2,1-3H3,(H2,14,15,16,21). The summed E-state index contributed by atoms with van der Waals surface area (Å²) >= 11 is 4.71. The lowest BCUT2D eigenvalue weighted by molar-refractivity contribution is -0.155. The van der Waals surface area contributed by atoms with Gasteiger partial charge in [0.1, 0.15) is 18.8 Å². The van der Waals surface area contributed by atoms with Crippen molar-refractivity contribution in [1.29, 1.82) is 0 Å². The normalized spacial score (nSPS) is 11.0. The maximum atomic E-state index is 11.7. The molecule has 0 aliphatic heterocycles. The van der Waals surface area contributed by atoms with E-state index in [0.29, 0.717) is 6.42 Å². The Morgan fingerprint density at radius 3 is 2.48 bits per heavy atom. The summed E-state index contributed by atoms with van der Waals surface area (Å²) in [6.07, 6.45) is 1.82. The molecule has 0 aliphatic carbocycles. The SMILES string of the molecule is CCC(C)(C)C(=O)OCCOC(=O)c1c[nH]c(=S)[nH]c1=O. The van der Waals surface area contributed by atoms with E-state index in [0.717, 1.165) is 0 Å². The Bertz CT molecular complexity index is 632. The molecular formula is C13H18N2O5S. The third kappa shape index (κ3) is 4.82. The van der Waals surface area contributed by atoms with Gasteiger partial charge in [-0.05, 0) is 32.5 Å². The van der Waals surface area contributed by atoms with Gasteiger partial charge in [-0.25, -0.2) is 4.79 Å². The molecule has 0 amide bonds. The van der Waals surface area contributed by atoms with E-state index in [9.17, 15) is 14.4 Å². The number of hydrogen-bond donors (Lipinski definition) is 2. The maximum Gasteiger partial charge on any atom is 0.345 e. The lowest BCUT2D eigenvalue weighted by Crippen LogP contribution is -2.27. The number of nitrogens with one attached hydrogen (secondary N) is 2. The van der Waals surface area contributed by atoms with E-state index < -0.39 is 16.9 Å². The minimum atomic E-state index is -0.812. The average molecular weight is 314 g/mol. The monoisotopic (exact) mass is 314 g/mol. The van der Waals surface area contributed by atoms with Crippen molar-refractivity contribution in [3.05, 3.63) is 26.9 Å². The maximum absolute atomic E-state index is 11.7. The van der Waals surface area contributed by atoms with Crippen molar-refractivity contribution in [2.75, 3.05) is 13.2 Å². The Morgan fingerprint density at radius 1 is 1.29 bits per heavy atom. The van der Waals surface area contributed by atoms with Gasteiger partial charge in [0.25, 0.3) is 5.56 Å². The Hall–Kier alpha value is -1.96. The summed E-state index contributed by atoms with van der Waals surface area (Å²) < 4.78 is 9.98. The molecule has 1 aromatic heterocycles. The molecular weight excluding hydrogens is 296 g/mol. The summed E-state index contributed by atoms with van der Waals surface area (Å²) in [5.41, 5.74) is -1.40. The number of hydrogen-bond acceptors (Lipinski definition) is 6. The molecule has 116 valence electrons. The molecule has 8 heteroatoms. The van der Waals surface area contributed by atoms with E-state index in [1.54, 1.807) is 13.8 Å². The topological polar surface area (TPSA) is 101 Å². The van der Waals surface area contributed by atoms with Crippen LogP contribution in [-0.4, -0.2) is 35.1 Å². The van der Waals surface area contributed by atoms with Gasteiger partial charge in [-0.2, -0.15) is 0 Å². The Morgan fingerprint density at radius 2 is 1.90 bits per heavy atom. The Labute approximate surface area is 126 Å². The van der Waals surface area contributed by atoms with Gasteiger partial charge in [0.05, 0.1) is 5.41 Å². The molecule has 0 saturated heterocycles. The third-order valence-electron chi connectivity index (χ3n) is 3.03. The number of aromatic amines is 2. The van der Waals surface area contributed by atoms with Crippen LogP contribution in [-0.2, 0) is 14.3 Å². The first-order chi connectivity index (χ1) is 9.77. The molecule has 1 heterocycles. The number of carbonyl (C=O) groups excluding carboxylic acids is 2. The van der Waals surface area contributed by atoms with Crippen LogP contribution in [0.1, 0.15) is 37.6 Å². The van der Waals surface area contributed by atoms with Gasteiger partial charge in [0.15, 0.2) is 4.77 Å². The quantitative estimate of drug-likeness (QED) is 0.469. The molecule has 7 nitrogen and oxygen atoms in total. The van der Waals surface area contributed by atoms with Crippen LogP contribution in [0.25, 0.3) is 0 Å². The summed E-state index contributed by atoms with van der Waals surface area (Å²) in [4.78, 5) is 39.6. The summed E-state index contributed by atoms with van der Waals surface area (Å²) in [5, 5.41) is 0. The predicted molar refractivity (Wildman–Crippen MR) is 77.6 cm³/mol. The minimum absolute atomic E-state index is 0.0608. The van der Waals surface area contributed by atoms with E-state index in [2.05, 4.69) is 9.97 Å². The van der Waals surface area contributed by atoms with Gasteiger partial charge in [-0.1, -0.05) is 6.92 Å². The van der Waals surface area contributed by atoms with E-state index >= 15 is 0 Å². The van der Waals surface area contributed by atoms with Crippen molar-refractivity contribution in [3.63, 3.8) is 0 Å². The van der Waals surface area contributed by atoms with Crippen LogP contribution in [0.5, 0.6) is 0 Å². The van der Waals surface area contributed by atoms with Crippen LogP contribution in [0, 0.1) is 10.2 Å². The number of esters is 2. The lowest BCUT2D eigenvalue weighted by atomic mass is 9.91. The van der Waals surface area contributed by atoms with Crippen LogP contribution in [0.3, 0.4) is 0 Å². The molecule has 0 atom stereocenters. The molecule has 0 radical (unpaired) electrons. The predicted octanol–water partition coefficient (Wildman–Crippen LogP) is 1.57. The zero-order valence-electron chi connectivity index (χ0n) is 12.1. The first-order valence-corrected chi connectivity index (χ1v) is 6.85. The average Bonchev–Trinajstić information content (AvgIpc) is 2.42. The van der Waals surface area contributed by atoms with Gasteiger partial charge in [-0.15, -0.1) is 0 Å². The van der Waals surface area contributed by atoms with E-state index in [1.807, 2.05) is 6.92 Å². The van der Waals surface area contributed by atoms with Crippen molar-refractivity contribution in [3.8, 4) is 0 Å². The van der Waals surface area contributed by atoms with Crippen molar-refractivity contribution in [1.82, 2.24) is 9.97 Å². The van der Waals surface area contributed by atoms with E-state index in [4.69, 9.17) is 21.7 Å². The fraction of sp³-hybridized carbons (Fsp3) is 0.538. The van der Waals surface area contributed by atoms with Gasteiger partial charge in [-0.3, -0.25) is 14.6 Å². The number of aromatic nitrogens is 2. The second-order valence-electron chi connectivity index (χ2n) is 4.99. The number of H-pyrrole nitrogens is 2. The highest BCUT2D eigenvalue weighted by Crippen LogP contribution is 2.21. The fourth-order valence-corrected chi connectivity index (χ4v) is 1.40. The second kappa shape index (κ2) is 7.16.